The maximum absolute atomic E-state index is 11.9. The smallest absolute Gasteiger partial charge is 0.306 e. The Morgan fingerprint density at radius 3 is 2.35 bits per heavy atom. The predicted molar refractivity (Wildman–Crippen MR) is 72.7 cm³/mol. The monoisotopic (exact) mass is 287 g/mol. The van der Waals surface area contributed by atoms with E-state index in [1.807, 2.05) is 27.7 Å². The minimum atomic E-state index is -0.754. The van der Waals surface area contributed by atoms with Crippen molar-refractivity contribution in [2.75, 3.05) is 6.54 Å². The normalized spacial score (nSPS) is 24.3. The van der Waals surface area contributed by atoms with Gasteiger partial charge in [0.05, 0.1) is 23.0 Å². The quantitative estimate of drug-likeness (QED) is 0.477. The zero-order valence-electron chi connectivity index (χ0n) is 12.7. The Hall–Kier alpha value is -1.53. The highest BCUT2D eigenvalue weighted by Gasteiger charge is 2.29. The number of carboxylic acid groups (broad SMARTS) is 1. The van der Waals surface area contributed by atoms with E-state index in [1.54, 1.807) is 5.01 Å². The van der Waals surface area contributed by atoms with Gasteiger partial charge in [-0.2, -0.15) is 0 Å². The molecule has 0 aliphatic heterocycles. The first-order valence-corrected chi connectivity index (χ1v) is 7.10. The van der Waals surface area contributed by atoms with Crippen molar-refractivity contribution in [3.63, 3.8) is 0 Å². The Kier molecular flexibility index (Phi) is 5.59. The molecule has 7 nitrogen and oxygen atoms in total. The van der Waals surface area contributed by atoms with Crippen molar-refractivity contribution in [3.05, 3.63) is 5.21 Å². The van der Waals surface area contributed by atoms with E-state index >= 15 is 0 Å². The van der Waals surface area contributed by atoms with Gasteiger partial charge < -0.3 is 15.2 Å². The molecule has 0 radical (unpaired) electrons. The van der Waals surface area contributed by atoms with Gasteiger partial charge >= 0.3 is 5.97 Å². The summed E-state index contributed by atoms with van der Waals surface area (Å²) in [5, 5.41) is 26.0. The highest BCUT2D eigenvalue weighted by molar-refractivity contribution is 5.69. The molecular formula is C13H25N3O4. The van der Waals surface area contributed by atoms with Crippen molar-refractivity contribution in [2.24, 2.45) is 11.2 Å². The standard InChI is InChI=1S/C13H25N3O4/c1-5-15(13(2,3)4)16(19)14-20-11-8-6-10(7-9-11)12(17)18/h10-11H,5-9H2,1-4H3,(H,17,18)/b16-14+. The second-order valence-electron chi connectivity index (χ2n) is 6.14. The molecule has 1 N–H and O–H groups in total. The number of rotatable bonds is 5. The van der Waals surface area contributed by atoms with Gasteiger partial charge in [0.25, 0.3) is 0 Å². The minimum Gasteiger partial charge on any atom is -0.569 e. The number of carbonyl (C=O) groups is 1. The molecule has 0 aromatic carbocycles. The van der Waals surface area contributed by atoms with Crippen molar-refractivity contribution in [1.29, 1.82) is 0 Å². The lowest BCUT2D eigenvalue weighted by Gasteiger charge is -2.29. The van der Waals surface area contributed by atoms with Crippen LogP contribution in [0.25, 0.3) is 0 Å². The lowest BCUT2D eigenvalue weighted by molar-refractivity contribution is -0.725. The van der Waals surface area contributed by atoms with Crippen LogP contribution in [0.3, 0.4) is 0 Å². The molecule has 1 aliphatic carbocycles. The Balaban J connectivity index is 2.50. The van der Waals surface area contributed by atoms with Crippen LogP contribution < -0.4 is 0 Å². The predicted octanol–water partition coefficient (Wildman–Crippen LogP) is 2.56. The van der Waals surface area contributed by atoms with E-state index in [9.17, 15) is 10.0 Å². The summed E-state index contributed by atoms with van der Waals surface area (Å²) in [5.74, 6) is -1.05. The van der Waals surface area contributed by atoms with Gasteiger partial charge in [0, 0.05) is 0 Å². The number of aliphatic carboxylic acids is 1. The third-order valence-electron chi connectivity index (χ3n) is 3.57. The molecule has 0 aromatic rings. The Bertz CT molecular complexity index is 357. The highest BCUT2D eigenvalue weighted by atomic mass is 16.7. The second kappa shape index (κ2) is 6.76. The van der Waals surface area contributed by atoms with Crippen molar-refractivity contribution in [3.8, 4) is 0 Å². The van der Waals surface area contributed by atoms with Crippen molar-refractivity contribution in [2.45, 2.75) is 65.0 Å². The fourth-order valence-electron chi connectivity index (χ4n) is 2.42. The summed E-state index contributed by atoms with van der Waals surface area (Å²) in [6.45, 7) is 8.19. The molecule has 1 aliphatic rings. The molecule has 0 spiro atoms. The molecule has 0 heterocycles. The summed E-state index contributed by atoms with van der Waals surface area (Å²) in [6, 6.07) is 0. The van der Waals surface area contributed by atoms with Crippen LogP contribution in [0, 0.1) is 11.1 Å². The fraction of sp³-hybridized carbons (Fsp3) is 0.923. The third-order valence-corrected chi connectivity index (χ3v) is 3.57. The van der Waals surface area contributed by atoms with Gasteiger partial charge in [-0.05, 0) is 53.4 Å². The maximum atomic E-state index is 11.9. The van der Waals surface area contributed by atoms with Gasteiger partial charge in [0.2, 0.25) is 5.28 Å². The molecule has 1 saturated carbocycles. The lowest BCUT2D eigenvalue weighted by atomic mass is 9.88. The zero-order valence-corrected chi connectivity index (χ0v) is 12.7. The van der Waals surface area contributed by atoms with E-state index < -0.39 is 5.97 Å². The Labute approximate surface area is 119 Å². The Morgan fingerprint density at radius 2 is 1.95 bits per heavy atom. The van der Waals surface area contributed by atoms with Crippen LogP contribution in [0.5, 0.6) is 0 Å². The van der Waals surface area contributed by atoms with Crippen molar-refractivity contribution < 1.29 is 19.7 Å². The summed E-state index contributed by atoms with van der Waals surface area (Å²) < 4.78 is 0. The van der Waals surface area contributed by atoms with Gasteiger partial charge in [-0.3, -0.25) is 4.79 Å². The molecule has 0 amide bonds. The van der Waals surface area contributed by atoms with Crippen LogP contribution in [0.2, 0.25) is 0 Å². The topological polar surface area (TPSA) is 88.2 Å². The first-order chi connectivity index (χ1) is 9.25. The molecule has 20 heavy (non-hydrogen) atoms. The maximum Gasteiger partial charge on any atom is 0.306 e. The average Bonchev–Trinajstić information content (AvgIpc) is 2.36. The fourth-order valence-corrected chi connectivity index (χ4v) is 2.42. The lowest BCUT2D eigenvalue weighted by Crippen LogP contribution is -2.45. The van der Waals surface area contributed by atoms with Crippen LogP contribution in [0.1, 0.15) is 53.4 Å². The number of nitrogens with zero attached hydrogens (tertiary/aromatic N) is 3. The third kappa shape index (κ3) is 4.54. The van der Waals surface area contributed by atoms with Gasteiger partial charge in [-0.1, -0.05) is 0 Å². The van der Waals surface area contributed by atoms with Crippen LogP contribution in [0.15, 0.2) is 5.28 Å². The largest absolute Gasteiger partial charge is 0.569 e. The van der Waals surface area contributed by atoms with Crippen molar-refractivity contribution >= 4 is 5.97 Å². The van der Waals surface area contributed by atoms with Crippen LogP contribution in [-0.4, -0.2) is 39.2 Å². The highest BCUT2D eigenvalue weighted by Crippen LogP contribution is 2.26. The van der Waals surface area contributed by atoms with Crippen LogP contribution >= 0.6 is 0 Å². The van der Waals surface area contributed by atoms with E-state index in [1.165, 1.54) is 0 Å². The van der Waals surface area contributed by atoms with Gasteiger partial charge in [-0.15, -0.1) is 5.01 Å². The number of hydrazine groups is 1. The molecule has 0 bridgehead atoms. The molecule has 0 aromatic heterocycles. The molecule has 116 valence electrons. The number of hydrogen-bond donors (Lipinski definition) is 1. The minimum absolute atomic E-state index is 0.166. The molecule has 0 atom stereocenters. The first-order valence-electron chi connectivity index (χ1n) is 7.10. The average molecular weight is 287 g/mol. The van der Waals surface area contributed by atoms with E-state index in [4.69, 9.17) is 9.94 Å². The van der Waals surface area contributed by atoms with Gasteiger partial charge in [0.1, 0.15) is 6.10 Å². The zero-order chi connectivity index (χ0) is 15.3. The van der Waals surface area contributed by atoms with Crippen LogP contribution in [-0.2, 0) is 9.63 Å². The first kappa shape index (κ1) is 16.5. The molecule has 0 unspecified atom stereocenters. The summed E-state index contributed by atoms with van der Waals surface area (Å²) in [6.07, 6.45) is 2.23. The summed E-state index contributed by atoms with van der Waals surface area (Å²) in [5.41, 5.74) is -0.329. The SMILES string of the molecule is CCN(/[N+]([O-])=N\OC1CCC(C(=O)O)CC1)C(C)(C)C. The number of carboxylic acids is 1. The van der Waals surface area contributed by atoms with Gasteiger partial charge in [-0.25, -0.2) is 0 Å². The Morgan fingerprint density at radius 1 is 1.40 bits per heavy atom. The molecule has 0 saturated heterocycles. The van der Waals surface area contributed by atoms with E-state index in [2.05, 4.69) is 5.28 Å². The van der Waals surface area contributed by atoms with Crippen LogP contribution in [0.4, 0.5) is 0 Å². The second-order valence-corrected chi connectivity index (χ2v) is 6.14. The van der Waals surface area contributed by atoms with Gasteiger partial charge in [0.15, 0.2) is 0 Å². The number of hydrogen-bond acceptors (Lipinski definition) is 4. The molecule has 1 fully saturated rings. The van der Waals surface area contributed by atoms with E-state index in [0.717, 1.165) is 0 Å². The summed E-state index contributed by atoms with van der Waals surface area (Å²) in [4.78, 5) is 16.6. The van der Waals surface area contributed by atoms with E-state index in [0.29, 0.717) is 37.2 Å². The molecule has 7 heteroatoms. The molecular weight excluding hydrogens is 262 g/mol. The summed E-state index contributed by atoms with van der Waals surface area (Å²) >= 11 is 0. The molecule has 1 rings (SSSR count). The summed E-state index contributed by atoms with van der Waals surface area (Å²) in [7, 11) is 0. The van der Waals surface area contributed by atoms with E-state index in [-0.39, 0.29) is 17.6 Å². The van der Waals surface area contributed by atoms with Crippen molar-refractivity contribution in [1.82, 2.24) is 5.01 Å².